The molecule has 1 aliphatic rings. The molecule has 1 aliphatic heterocycles. The molecule has 1 N–H and O–H groups in total. The highest BCUT2D eigenvalue weighted by molar-refractivity contribution is 5.70. The molecular weight excluding hydrogens is 204 g/mol. The van der Waals surface area contributed by atoms with Gasteiger partial charge in [0.25, 0.3) is 0 Å². The van der Waals surface area contributed by atoms with E-state index in [0.29, 0.717) is 6.42 Å². The summed E-state index contributed by atoms with van der Waals surface area (Å²) in [6.45, 7) is 0. The Morgan fingerprint density at radius 1 is 1.31 bits per heavy atom. The first-order chi connectivity index (χ1) is 7.74. The number of carbonyl (C=O) groups is 1. The highest BCUT2D eigenvalue weighted by Crippen LogP contribution is 2.19. The second-order valence-corrected chi connectivity index (χ2v) is 4.23. The SMILES string of the molecule is O=C1C[C@H](O)C[C@H](CCc2ccccc2)O1. The maximum absolute atomic E-state index is 11.1. The molecule has 0 amide bonds. The normalized spacial score (nSPS) is 25.2. The van der Waals surface area contributed by atoms with Crippen LogP contribution in [0, 0.1) is 0 Å². The first-order valence-corrected chi connectivity index (χ1v) is 5.65. The van der Waals surface area contributed by atoms with Gasteiger partial charge in [0.05, 0.1) is 12.5 Å². The lowest BCUT2D eigenvalue weighted by molar-refractivity contribution is -0.160. The molecule has 0 aliphatic carbocycles. The van der Waals surface area contributed by atoms with Crippen LogP contribution in [-0.2, 0) is 16.0 Å². The van der Waals surface area contributed by atoms with E-state index >= 15 is 0 Å². The van der Waals surface area contributed by atoms with Crippen molar-refractivity contribution in [3.63, 3.8) is 0 Å². The predicted molar refractivity (Wildman–Crippen MR) is 59.9 cm³/mol. The fourth-order valence-electron chi connectivity index (χ4n) is 2.01. The number of carbonyl (C=O) groups excluding carboxylic acids is 1. The second-order valence-electron chi connectivity index (χ2n) is 4.23. The van der Waals surface area contributed by atoms with Crippen molar-refractivity contribution in [2.45, 2.75) is 37.9 Å². The Kier molecular flexibility index (Phi) is 3.57. The minimum atomic E-state index is -0.526. The molecule has 0 spiro atoms. The van der Waals surface area contributed by atoms with E-state index in [1.807, 2.05) is 18.2 Å². The van der Waals surface area contributed by atoms with Crippen molar-refractivity contribution in [2.24, 2.45) is 0 Å². The highest BCUT2D eigenvalue weighted by Gasteiger charge is 2.26. The Morgan fingerprint density at radius 3 is 2.75 bits per heavy atom. The Balaban J connectivity index is 1.84. The van der Waals surface area contributed by atoms with Gasteiger partial charge in [-0.05, 0) is 18.4 Å². The second kappa shape index (κ2) is 5.12. The van der Waals surface area contributed by atoms with Crippen LogP contribution < -0.4 is 0 Å². The van der Waals surface area contributed by atoms with Crippen LogP contribution in [0.25, 0.3) is 0 Å². The van der Waals surface area contributed by atoms with E-state index in [1.165, 1.54) is 5.56 Å². The van der Waals surface area contributed by atoms with Crippen LogP contribution in [0.1, 0.15) is 24.8 Å². The number of ether oxygens (including phenoxy) is 1. The van der Waals surface area contributed by atoms with E-state index in [-0.39, 0.29) is 18.5 Å². The number of cyclic esters (lactones) is 1. The van der Waals surface area contributed by atoms with E-state index in [1.54, 1.807) is 0 Å². The van der Waals surface area contributed by atoms with Gasteiger partial charge in [-0.3, -0.25) is 4.79 Å². The largest absolute Gasteiger partial charge is 0.462 e. The lowest BCUT2D eigenvalue weighted by Gasteiger charge is -2.25. The van der Waals surface area contributed by atoms with Crippen LogP contribution in [0.15, 0.2) is 30.3 Å². The molecule has 2 atom stereocenters. The monoisotopic (exact) mass is 220 g/mol. The summed E-state index contributed by atoms with van der Waals surface area (Å²) in [5, 5.41) is 9.45. The predicted octanol–water partition coefficient (Wildman–Crippen LogP) is 1.69. The molecule has 0 aromatic heterocycles. The van der Waals surface area contributed by atoms with Crippen molar-refractivity contribution in [3.05, 3.63) is 35.9 Å². The summed E-state index contributed by atoms with van der Waals surface area (Å²) in [5.41, 5.74) is 1.23. The van der Waals surface area contributed by atoms with Gasteiger partial charge in [0.15, 0.2) is 0 Å². The summed E-state index contributed by atoms with van der Waals surface area (Å²) >= 11 is 0. The van der Waals surface area contributed by atoms with Gasteiger partial charge in [0, 0.05) is 6.42 Å². The Labute approximate surface area is 95.0 Å². The van der Waals surface area contributed by atoms with Gasteiger partial charge >= 0.3 is 5.97 Å². The fourth-order valence-corrected chi connectivity index (χ4v) is 2.01. The quantitative estimate of drug-likeness (QED) is 0.788. The van der Waals surface area contributed by atoms with Crippen molar-refractivity contribution in [2.75, 3.05) is 0 Å². The van der Waals surface area contributed by atoms with Crippen LogP contribution in [-0.4, -0.2) is 23.3 Å². The topological polar surface area (TPSA) is 46.5 Å². The number of rotatable bonds is 3. The van der Waals surface area contributed by atoms with Gasteiger partial charge in [0.2, 0.25) is 0 Å². The number of esters is 1. The zero-order chi connectivity index (χ0) is 11.4. The Morgan fingerprint density at radius 2 is 2.06 bits per heavy atom. The Bertz CT molecular complexity index is 347. The molecule has 0 bridgehead atoms. The van der Waals surface area contributed by atoms with Gasteiger partial charge in [0.1, 0.15) is 6.10 Å². The molecule has 1 fully saturated rings. The molecule has 1 aromatic rings. The number of aliphatic hydroxyl groups excluding tert-OH is 1. The molecule has 2 rings (SSSR count). The van der Waals surface area contributed by atoms with Gasteiger partial charge in [-0.1, -0.05) is 30.3 Å². The molecule has 86 valence electrons. The average molecular weight is 220 g/mol. The highest BCUT2D eigenvalue weighted by atomic mass is 16.5. The Hall–Kier alpha value is -1.35. The van der Waals surface area contributed by atoms with E-state index in [0.717, 1.165) is 12.8 Å². The smallest absolute Gasteiger partial charge is 0.308 e. The lowest BCUT2D eigenvalue weighted by atomic mass is 9.99. The molecule has 3 nitrogen and oxygen atoms in total. The van der Waals surface area contributed by atoms with Crippen molar-refractivity contribution >= 4 is 5.97 Å². The van der Waals surface area contributed by atoms with Crippen molar-refractivity contribution in [1.82, 2.24) is 0 Å². The average Bonchev–Trinajstić information content (AvgIpc) is 2.27. The first-order valence-electron chi connectivity index (χ1n) is 5.65. The number of aliphatic hydroxyl groups is 1. The molecule has 0 radical (unpaired) electrons. The first kappa shape index (κ1) is 11.1. The van der Waals surface area contributed by atoms with Gasteiger partial charge in [-0.25, -0.2) is 0 Å². The molecule has 0 saturated carbocycles. The van der Waals surface area contributed by atoms with Crippen LogP contribution >= 0.6 is 0 Å². The lowest BCUT2D eigenvalue weighted by Crippen LogP contribution is -2.32. The van der Waals surface area contributed by atoms with Gasteiger partial charge < -0.3 is 9.84 Å². The third-order valence-corrected chi connectivity index (χ3v) is 2.83. The molecule has 3 heteroatoms. The van der Waals surface area contributed by atoms with Gasteiger partial charge in [-0.2, -0.15) is 0 Å². The summed E-state index contributed by atoms with van der Waals surface area (Å²) < 4.78 is 5.18. The van der Waals surface area contributed by atoms with Crippen LogP contribution in [0.2, 0.25) is 0 Å². The zero-order valence-electron chi connectivity index (χ0n) is 9.13. The summed E-state index contributed by atoms with van der Waals surface area (Å²) in [4.78, 5) is 11.1. The van der Waals surface area contributed by atoms with E-state index < -0.39 is 6.10 Å². The van der Waals surface area contributed by atoms with E-state index in [9.17, 15) is 9.90 Å². The van der Waals surface area contributed by atoms with Gasteiger partial charge in [-0.15, -0.1) is 0 Å². The number of hydrogen-bond acceptors (Lipinski definition) is 3. The minimum Gasteiger partial charge on any atom is -0.462 e. The maximum atomic E-state index is 11.1. The van der Waals surface area contributed by atoms with Crippen LogP contribution in [0.3, 0.4) is 0 Å². The third kappa shape index (κ3) is 3.07. The third-order valence-electron chi connectivity index (χ3n) is 2.83. The molecule has 1 saturated heterocycles. The van der Waals surface area contributed by atoms with Crippen molar-refractivity contribution in [3.8, 4) is 0 Å². The molecule has 16 heavy (non-hydrogen) atoms. The van der Waals surface area contributed by atoms with E-state index in [4.69, 9.17) is 4.74 Å². The molecule has 1 aromatic carbocycles. The van der Waals surface area contributed by atoms with Crippen molar-refractivity contribution in [1.29, 1.82) is 0 Å². The summed E-state index contributed by atoms with van der Waals surface area (Å²) in [7, 11) is 0. The van der Waals surface area contributed by atoms with E-state index in [2.05, 4.69) is 12.1 Å². The summed E-state index contributed by atoms with van der Waals surface area (Å²) in [5.74, 6) is -0.281. The summed E-state index contributed by atoms with van der Waals surface area (Å²) in [6.07, 6.45) is 1.72. The fraction of sp³-hybridized carbons (Fsp3) is 0.462. The van der Waals surface area contributed by atoms with Crippen LogP contribution in [0.5, 0.6) is 0 Å². The zero-order valence-corrected chi connectivity index (χ0v) is 9.13. The van der Waals surface area contributed by atoms with Crippen molar-refractivity contribution < 1.29 is 14.6 Å². The molecule has 0 unspecified atom stereocenters. The summed E-state index contributed by atoms with van der Waals surface area (Å²) in [6, 6.07) is 10.1. The number of benzene rings is 1. The minimum absolute atomic E-state index is 0.128. The van der Waals surface area contributed by atoms with Crippen LogP contribution in [0.4, 0.5) is 0 Å². The number of aryl methyl sites for hydroxylation is 1. The molecular formula is C13H16O3. The number of hydrogen-bond donors (Lipinski definition) is 1. The standard InChI is InChI=1S/C13H16O3/c14-11-8-12(16-13(15)9-11)7-6-10-4-2-1-3-5-10/h1-5,11-12,14H,6-9H2/t11-,12+/m1/s1. The molecule has 1 heterocycles. The maximum Gasteiger partial charge on any atom is 0.308 e.